The molecule has 138 valence electrons. The number of Topliss-reactive ketones (excluding diaryl/α,β-unsaturated/α-hetero) is 1. The third-order valence-electron chi connectivity index (χ3n) is 4.57. The van der Waals surface area contributed by atoms with E-state index in [1.54, 1.807) is 18.2 Å². The Morgan fingerprint density at radius 1 is 1.19 bits per heavy atom. The number of fused-ring (bicyclic) bond motifs is 1. The molecule has 5 nitrogen and oxygen atoms in total. The topological polar surface area (TPSA) is 61.8 Å². The van der Waals surface area contributed by atoms with Crippen LogP contribution in [-0.2, 0) is 17.6 Å². The van der Waals surface area contributed by atoms with E-state index in [9.17, 15) is 9.59 Å². The molecule has 26 heavy (non-hydrogen) atoms. The summed E-state index contributed by atoms with van der Waals surface area (Å²) in [6.07, 6.45) is 3.16. The molecule has 0 saturated carbocycles. The summed E-state index contributed by atoms with van der Waals surface area (Å²) in [7, 11) is 3.01. The minimum absolute atomic E-state index is 0.330. The molecule has 0 amide bonds. The second kappa shape index (κ2) is 7.91. The zero-order chi connectivity index (χ0) is 18.7. The molecule has 1 heterocycles. The molecule has 0 fully saturated rings. The highest BCUT2D eigenvalue weighted by Gasteiger charge is 2.22. The van der Waals surface area contributed by atoms with E-state index in [0.717, 1.165) is 19.3 Å². The Balaban J connectivity index is 1.67. The van der Waals surface area contributed by atoms with Crippen LogP contribution in [0.15, 0.2) is 24.3 Å². The summed E-state index contributed by atoms with van der Waals surface area (Å²) >= 11 is 1.48. The van der Waals surface area contributed by atoms with Crippen LogP contribution in [-0.4, -0.2) is 32.6 Å². The predicted molar refractivity (Wildman–Crippen MR) is 99.7 cm³/mol. The molecule has 0 saturated heterocycles. The van der Waals surface area contributed by atoms with E-state index in [2.05, 4.69) is 6.92 Å². The number of rotatable bonds is 6. The smallest absolute Gasteiger partial charge is 0.348 e. The van der Waals surface area contributed by atoms with Crippen LogP contribution in [0.3, 0.4) is 0 Å². The maximum atomic E-state index is 12.5. The van der Waals surface area contributed by atoms with Gasteiger partial charge in [-0.15, -0.1) is 11.3 Å². The number of ether oxygens (including phenoxy) is 3. The normalized spacial score (nSPS) is 15.9. The van der Waals surface area contributed by atoms with Crippen molar-refractivity contribution in [2.45, 2.75) is 26.2 Å². The lowest BCUT2D eigenvalue weighted by Gasteiger charge is -2.16. The quantitative estimate of drug-likeness (QED) is 0.566. The molecule has 0 aliphatic heterocycles. The number of ketones is 1. The summed E-state index contributed by atoms with van der Waals surface area (Å²) in [5.41, 5.74) is 1.57. The number of aryl methyl sites for hydroxylation is 1. The molecule has 0 N–H and O–H groups in total. The fourth-order valence-corrected chi connectivity index (χ4v) is 4.22. The van der Waals surface area contributed by atoms with Gasteiger partial charge in [-0.25, -0.2) is 4.79 Å². The van der Waals surface area contributed by atoms with Crippen molar-refractivity contribution in [1.82, 2.24) is 0 Å². The molecule has 1 atom stereocenters. The van der Waals surface area contributed by atoms with Gasteiger partial charge in [0.05, 0.1) is 19.8 Å². The average Bonchev–Trinajstić information content (AvgIpc) is 3.08. The molecule has 0 radical (unpaired) electrons. The summed E-state index contributed by atoms with van der Waals surface area (Å²) in [6.45, 7) is 1.89. The van der Waals surface area contributed by atoms with Crippen LogP contribution < -0.4 is 9.47 Å². The second-order valence-electron chi connectivity index (χ2n) is 6.47. The maximum absolute atomic E-state index is 12.5. The van der Waals surface area contributed by atoms with Crippen LogP contribution in [0.25, 0.3) is 0 Å². The van der Waals surface area contributed by atoms with Crippen molar-refractivity contribution >= 4 is 23.1 Å². The van der Waals surface area contributed by atoms with E-state index in [1.807, 2.05) is 6.07 Å². The van der Waals surface area contributed by atoms with Gasteiger partial charge in [-0.2, -0.15) is 0 Å². The standard InChI is InChI=1S/C20H22O5S/c1-12-4-7-18-13(8-12)9-19(26-18)20(22)25-11-16(21)15-10-14(23-2)5-6-17(15)24-3/h5-6,9-10,12H,4,7-8,11H2,1-3H3. The SMILES string of the molecule is COc1ccc(OC)c(C(=O)COC(=O)c2cc3c(s2)CCC(C)C3)c1. The summed E-state index contributed by atoms with van der Waals surface area (Å²) < 4.78 is 15.6. The van der Waals surface area contributed by atoms with Crippen LogP contribution in [0.5, 0.6) is 11.5 Å². The van der Waals surface area contributed by atoms with Gasteiger partial charge in [0.25, 0.3) is 0 Å². The molecular weight excluding hydrogens is 352 g/mol. The molecule has 1 aliphatic carbocycles. The molecule has 0 spiro atoms. The number of esters is 1. The molecule has 1 aliphatic rings. The first kappa shape index (κ1) is 18.5. The highest BCUT2D eigenvalue weighted by molar-refractivity contribution is 7.14. The first-order chi connectivity index (χ1) is 12.5. The third-order valence-corrected chi connectivity index (χ3v) is 5.79. The van der Waals surface area contributed by atoms with Crippen molar-refractivity contribution in [2.75, 3.05) is 20.8 Å². The molecule has 2 aromatic rings. The number of hydrogen-bond donors (Lipinski definition) is 0. The number of thiophene rings is 1. The number of methoxy groups -OCH3 is 2. The largest absolute Gasteiger partial charge is 0.497 e. The maximum Gasteiger partial charge on any atom is 0.348 e. The van der Waals surface area contributed by atoms with E-state index in [0.29, 0.717) is 27.9 Å². The van der Waals surface area contributed by atoms with Gasteiger partial charge in [0.1, 0.15) is 16.4 Å². The summed E-state index contributed by atoms with van der Waals surface area (Å²) in [4.78, 5) is 26.6. The molecule has 1 aromatic carbocycles. The van der Waals surface area contributed by atoms with Crippen LogP contribution in [0, 0.1) is 5.92 Å². The molecule has 1 aromatic heterocycles. The van der Waals surface area contributed by atoms with Gasteiger partial charge in [-0.3, -0.25) is 4.79 Å². The number of benzene rings is 1. The highest BCUT2D eigenvalue weighted by Crippen LogP contribution is 2.32. The summed E-state index contributed by atoms with van der Waals surface area (Å²) in [5.74, 6) is 0.826. The number of carbonyl (C=O) groups is 2. The van der Waals surface area contributed by atoms with Crippen molar-refractivity contribution in [2.24, 2.45) is 5.92 Å². The fourth-order valence-electron chi connectivity index (χ4n) is 3.12. The van der Waals surface area contributed by atoms with Crippen LogP contribution in [0.1, 0.15) is 43.8 Å². The average molecular weight is 374 g/mol. The van der Waals surface area contributed by atoms with Crippen LogP contribution in [0.4, 0.5) is 0 Å². The second-order valence-corrected chi connectivity index (χ2v) is 7.61. The lowest BCUT2D eigenvalue weighted by Crippen LogP contribution is -2.14. The molecule has 1 unspecified atom stereocenters. The first-order valence-electron chi connectivity index (χ1n) is 8.55. The highest BCUT2D eigenvalue weighted by atomic mass is 32.1. The zero-order valence-electron chi connectivity index (χ0n) is 15.2. The Bertz CT molecular complexity index is 824. The first-order valence-corrected chi connectivity index (χ1v) is 9.37. The monoisotopic (exact) mass is 374 g/mol. The van der Waals surface area contributed by atoms with Gasteiger partial charge < -0.3 is 14.2 Å². The van der Waals surface area contributed by atoms with E-state index in [-0.39, 0.29) is 12.4 Å². The van der Waals surface area contributed by atoms with Crippen molar-refractivity contribution in [3.63, 3.8) is 0 Å². The minimum Gasteiger partial charge on any atom is -0.497 e. The molecular formula is C20H22O5S. The van der Waals surface area contributed by atoms with Crippen LogP contribution >= 0.6 is 11.3 Å². The Hall–Kier alpha value is -2.34. The Labute approximate surface area is 156 Å². The van der Waals surface area contributed by atoms with E-state index >= 15 is 0 Å². The van der Waals surface area contributed by atoms with Gasteiger partial charge >= 0.3 is 5.97 Å². The molecule has 3 rings (SSSR count). The van der Waals surface area contributed by atoms with E-state index in [4.69, 9.17) is 14.2 Å². The Kier molecular flexibility index (Phi) is 5.61. The lowest BCUT2D eigenvalue weighted by molar-refractivity contribution is 0.0478. The summed E-state index contributed by atoms with van der Waals surface area (Å²) in [5, 5.41) is 0. The zero-order valence-corrected chi connectivity index (χ0v) is 16.0. The van der Waals surface area contributed by atoms with Crippen LogP contribution in [0.2, 0.25) is 0 Å². The molecule has 6 heteroatoms. The molecule has 0 bridgehead atoms. The van der Waals surface area contributed by atoms with Crippen molar-refractivity contribution in [1.29, 1.82) is 0 Å². The van der Waals surface area contributed by atoms with Crippen molar-refractivity contribution in [3.8, 4) is 11.5 Å². The van der Waals surface area contributed by atoms with Crippen molar-refractivity contribution in [3.05, 3.63) is 45.1 Å². The number of hydrogen-bond acceptors (Lipinski definition) is 6. The van der Waals surface area contributed by atoms with E-state index < -0.39 is 5.97 Å². The van der Waals surface area contributed by atoms with Crippen molar-refractivity contribution < 1.29 is 23.8 Å². The van der Waals surface area contributed by atoms with Gasteiger partial charge in [-0.05, 0) is 55.0 Å². The Morgan fingerprint density at radius 2 is 2.00 bits per heavy atom. The fraction of sp³-hybridized carbons (Fsp3) is 0.400. The van der Waals surface area contributed by atoms with Gasteiger partial charge in [0.15, 0.2) is 6.61 Å². The predicted octanol–water partition coefficient (Wildman–Crippen LogP) is 3.93. The Morgan fingerprint density at radius 3 is 2.73 bits per heavy atom. The summed E-state index contributed by atoms with van der Waals surface area (Å²) in [6, 6.07) is 6.86. The van der Waals surface area contributed by atoms with Gasteiger partial charge in [0, 0.05) is 4.88 Å². The van der Waals surface area contributed by atoms with E-state index in [1.165, 1.54) is 36.0 Å². The minimum atomic E-state index is -0.452. The van der Waals surface area contributed by atoms with Gasteiger partial charge in [0.2, 0.25) is 5.78 Å². The third kappa shape index (κ3) is 3.90. The lowest BCUT2D eigenvalue weighted by atomic mass is 9.90. The number of carbonyl (C=O) groups excluding carboxylic acids is 2. The van der Waals surface area contributed by atoms with Gasteiger partial charge in [-0.1, -0.05) is 6.92 Å².